The van der Waals surface area contributed by atoms with E-state index in [4.69, 9.17) is 5.73 Å². The summed E-state index contributed by atoms with van der Waals surface area (Å²) in [5, 5.41) is 3.37. The number of aromatic nitrogens is 3. The number of hydrogen-bond donors (Lipinski definition) is 2. The van der Waals surface area contributed by atoms with E-state index in [1.165, 1.54) is 0 Å². The molecule has 1 aliphatic rings. The number of hydrogen-bond acceptors (Lipinski definition) is 4. The van der Waals surface area contributed by atoms with Gasteiger partial charge in [-0.15, -0.1) is 0 Å². The fraction of sp³-hybridized carbons (Fsp3) is 0.611. The predicted molar refractivity (Wildman–Crippen MR) is 97.5 cm³/mol. The van der Waals surface area contributed by atoms with E-state index < -0.39 is 0 Å². The lowest BCUT2D eigenvalue weighted by Crippen LogP contribution is -2.34. The number of rotatable bonds is 4. The molecule has 25 heavy (non-hydrogen) atoms. The van der Waals surface area contributed by atoms with Gasteiger partial charge in [0.2, 0.25) is 5.91 Å². The Morgan fingerprint density at radius 3 is 2.76 bits per heavy atom. The van der Waals surface area contributed by atoms with E-state index in [9.17, 15) is 9.59 Å². The first-order chi connectivity index (χ1) is 11.8. The SMILES string of the molecule is Cc1nc2c(c(C)c1CCC(=O)N1CC(CN)CC1C)c(=O)[nH]n2C. The van der Waals surface area contributed by atoms with Crippen LogP contribution in [0.25, 0.3) is 11.0 Å². The zero-order valence-corrected chi connectivity index (χ0v) is 15.4. The minimum atomic E-state index is -0.131. The van der Waals surface area contributed by atoms with Gasteiger partial charge in [0.15, 0.2) is 5.65 Å². The van der Waals surface area contributed by atoms with Crippen LogP contribution in [0.15, 0.2) is 4.79 Å². The van der Waals surface area contributed by atoms with Gasteiger partial charge in [0, 0.05) is 31.7 Å². The minimum absolute atomic E-state index is 0.131. The molecule has 2 unspecified atom stereocenters. The van der Waals surface area contributed by atoms with Gasteiger partial charge in [0.05, 0.1) is 5.39 Å². The Bertz CT molecular complexity index is 866. The van der Waals surface area contributed by atoms with Crippen LogP contribution in [0.1, 0.15) is 36.6 Å². The average Bonchev–Trinajstić information content (AvgIpc) is 3.07. The van der Waals surface area contributed by atoms with Gasteiger partial charge >= 0.3 is 0 Å². The number of nitrogens with zero attached hydrogens (tertiary/aromatic N) is 3. The second kappa shape index (κ2) is 6.63. The Morgan fingerprint density at radius 2 is 2.12 bits per heavy atom. The Morgan fingerprint density at radius 1 is 1.40 bits per heavy atom. The maximum absolute atomic E-state index is 12.6. The van der Waals surface area contributed by atoms with E-state index in [1.807, 2.05) is 18.7 Å². The maximum Gasteiger partial charge on any atom is 0.273 e. The number of nitrogens with two attached hydrogens (primary N) is 1. The number of H-pyrrole nitrogens is 1. The summed E-state index contributed by atoms with van der Waals surface area (Å²) in [5.41, 5.74) is 9.08. The first-order valence-corrected chi connectivity index (χ1v) is 8.87. The van der Waals surface area contributed by atoms with Gasteiger partial charge in [-0.2, -0.15) is 0 Å². The third kappa shape index (κ3) is 3.08. The van der Waals surface area contributed by atoms with E-state index in [0.717, 1.165) is 29.8 Å². The molecule has 0 saturated carbocycles. The van der Waals surface area contributed by atoms with Crippen molar-refractivity contribution >= 4 is 16.9 Å². The monoisotopic (exact) mass is 345 g/mol. The Hall–Kier alpha value is -2.15. The third-order valence-corrected chi connectivity index (χ3v) is 5.48. The van der Waals surface area contributed by atoms with Crippen molar-refractivity contribution in [2.75, 3.05) is 13.1 Å². The molecular weight excluding hydrogens is 318 g/mol. The molecule has 1 saturated heterocycles. The summed E-state index contributed by atoms with van der Waals surface area (Å²) >= 11 is 0. The molecule has 0 bridgehead atoms. The van der Waals surface area contributed by atoms with Crippen molar-refractivity contribution in [3.05, 3.63) is 27.2 Å². The summed E-state index contributed by atoms with van der Waals surface area (Å²) in [7, 11) is 1.78. The van der Waals surface area contributed by atoms with E-state index in [2.05, 4.69) is 17.0 Å². The summed E-state index contributed by atoms with van der Waals surface area (Å²) < 4.78 is 1.64. The van der Waals surface area contributed by atoms with Crippen molar-refractivity contribution in [1.82, 2.24) is 19.7 Å². The summed E-state index contributed by atoms with van der Waals surface area (Å²) in [6.45, 7) is 7.34. The van der Waals surface area contributed by atoms with Crippen LogP contribution in [0.5, 0.6) is 0 Å². The number of fused-ring (bicyclic) bond motifs is 1. The van der Waals surface area contributed by atoms with Crippen molar-refractivity contribution in [1.29, 1.82) is 0 Å². The summed E-state index contributed by atoms with van der Waals surface area (Å²) in [6.07, 6.45) is 2.01. The van der Waals surface area contributed by atoms with Crippen LogP contribution in [0, 0.1) is 19.8 Å². The van der Waals surface area contributed by atoms with Crippen LogP contribution in [0.3, 0.4) is 0 Å². The number of pyridine rings is 1. The Labute approximate surface area is 147 Å². The smallest absolute Gasteiger partial charge is 0.273 e. The van der Waals surface area contributed by atoms with Crippen LogP contribution >= 0.6 is 0 Å². The highest BCUT2D eigenvalue weighted by atomic mass is 16.2. The molecule has 2 aromatic heterocycles. The topological polar surface area (TPSA) is 97.0 Å². The highest BCUT2D eigenvalue weighted by Crippen LogP contribution is 2.25. The molecule has 1 fully saturated rings. The largest absolute Gasteiger partial charge is 0.340 e. The molecule has 1 amide bonds. The summed E-state index contributed by atoms with van der Waals surface area (Å²) in [4.78, 5) is 31.3. The second-order valence-electron chi connectivity index (χ2n) is 7.23. The van der Waals surface area contributed by atoms with Crippen molar-refractivity contribution in [3.63, 3.8) is 0 Å². The first-order valence-electron chi connectivity index (χ1n) is 8.87. The lowest BCUT2D eigenvalue weighted by Gasteiger charge is -2.22. The normalized spacial score (nSPS) is 20.6. The molecule has 1 aliphatic heterocycles. The van der Waals surface area contributed by atoms with Crippen LogP contribution in [0.4, 0.5) is 0 Å². The Balaban J connectivity index is 1.81. The van der Waals surface area contributed by atoms with Crippen LogP contribution in [-0.4, -0.2) is 44.7 Å². The fourth-order valence-electron chi connectivity index (χ4n) is 4.05. The van der Waals surface area contributed by atoms with Crippen molar-refractivity contribution in [2.24, 2.45) is 18.7 Å². The van der Waals surface area contributed by atoms with Gasteiger partial charge in [0.25, 0.3) is 5.56 Å². The molecule has 7 nitrogen and oxygen atoms in total. The second-order valence-corrected chi connectivity index (χ2v) is 7.23. The van der Waals surface area contributed by atoms with Gasteiger partial charge in [-0.1, -0.05) is 0 Å². The number of carbonyl (C=O) groups excluding carboxylic acids is 1. The number of amides is 1. The van der Waals surface area contributed by atoms with Crippen LogP contribution in [0.2, 0.25) is 0 Å². The number of aryl methyl sites for hydroxylation is 3. The molecule has 3 N–H and O–H groups in total. The minimum Gasteiger partial charge on any atom is -0.340 e. The highest BCUT2D eigenvalue weighted by Gasteiger charge is 2.31. The van der Waals surface area contributed by atoms with E-state index in [0.29, 0.717) is 36.3 Å². The van der Waals surface area contributed by atoms with Gasteiger partial charge in [-0.25, -0.2) is 4.98 Å². The van der Waals surface area contributed by atoms with Crippen LogP contribution in [-0.2, 0) is 18.3 Å². The van der Waals surface area contributed by atoms with Crippen LogP contribution < -0.4 is 11.3 Å². The zero-order valence-electron chi connectivity index (χ0n) is 15.4. The number of aromatic amines is 1. The molecule has 7 heteroatoms. The molecule has 0 spiro atoms. The predicted octanol–water partition coefficient (Wildman–Crippen LogP) is 1.01. The maximum atomic E-state index is 12.6. The first kappa shape index (κ1) is 17.7. The van der Waals surface area contributed by atoms with Gasteiger partial charge in [-0.3, -0.25) is 19.4 Å². The average molecular weight is 345 g/mol. The van der Waals surface area contributed by atoms with E-state index in [-0.39, 0.29) is 17.5 Å². The molecule has 0 aliphatic carbocycles. The van der Waals surface area contributed by atoms with E-state index >= 15 is 0 Å². The Kier molecular flexibility index (Phi) is 4.69. The molecule has 3 heterocycles. The van der Waals surface area contributed by atoms with E-state index in [1.54, 1.807) is 11.7 Å². The molecular formula is C18H27N5O2. The third-order valence-electron chi connectivity index (χ3n) is 5.48. The van der Waals surface area contributed by atoms with Gasteiger partial charge < -0.3 is 10.6 Å². The lowest BCUT2D eigenvalue weighted by molar-refractivity contribution is -0.131. The van der Waals surface area contributed by atoms with Gasteiger partial charge in [0.1, 0.15) is 0 Å². The quantitative estimate of drug-likeness (QED) is 0.864. The molecule has 0 aromatic carbocycles. The standard InChI is InChI=1S/C18H27N5O2/c1-10-7-13(8-19)9-23(10)15(24)6-5-14-11(2)16-17(20-12(14)3)22(4)21-18(16)25/h10,13H,5-9,19H2,1-4H3,(H,21,25). The lowest BCUT2D eigenvalue weighted by atomic mass is 10.00. The van der Waals surface area contributed by atoms with Crippen molar-refractivity contribution in [2.45, 2.75) is 46.1 Å². The molecule has 2 aromatic rings. The number of nitrogens with one attached hydrogen (secondary N) is 1. The summed E-state index contributed by atoms with van der Waals surface area (Å²) in [6, 6.07) is 0.251. The molecule has 2 atom stereocenters. The summed E-state index contributed by atoms with van der Waals surface area (Å²) in [5.74, 6) is 0.563. The molecule has 3 rings (SSSR count). The van der Waals surface area contributed by atoms with Gasteiger partial charge in [-0.05, 0) is 57.2 Å². The fourth-order valence-corrected chi connectivity index (χ4v) is 4.05. The zero-order chi connectivity index (χ0) is 18.3. The highest BCUT2D eigenvalue weighted by molar-refractivity contribution is 5.81. The van der Waals surface area contributed by atoms with Crippen molar-refractivity contribution in [3.8, 4) is 0 Å². The van der Waals surface area contributed by atoms with Crippen molar-refractivity contribution < 1.29 is 4.79 Å². The molecule has 136 valence electrons. The molecule has 0 radical (unpaired) electrons. The number of carbonyl (C=O) groups is 1. The number of likely N-dealkylation sites (tertiary alicyclic amines) is 1.